The normalized spacial score (nSPS) is 10.9. The molecule has 0 spiro atoms. The molecule has 0 aliphatic rings. The fourth-order valence-corrected chi connectivity index (χ4v) is 2.56. The average Bonchev–Trinajstić information content (AvgIpc) is 2.72. The summed E-state index contributed by atoms with van der Waals surface area (Å²) in [6.07, 6.45) is -5.02. The van der Waals surface area contributed by atoms with Crippen LogP contribution in [0.3, 0.4) is 0 Å². The Morgan fingerprint density at radius 1 is 1.21 bits per heavy atom. The molecule has 1 aromatic carbocycles. The number of hydroxylamine groups is 1. The van der Waals surface area contributed by atoms with Crippen molar-refractivity contribution >= 4 is 17.7 Å². The quantitative estimate of drug-likeness (QED) is 0.364. The van der Waals surface area contributed by atoms with Crippen LogP contribution in [0, 0.1) is 17.1 Å². The Bertz CT molecular complexity index is 1250. The van der Waals surface area contributed by atoms with E-state index in [1.165, 1.54) is 0 Å². The molecule has 176 valence electrons. The van der Waals surface area contributed by atoms with Crippen LogP contribution in [0.25, 0.3) is 5.69 Å². The van der Waals surface area contributed by atoms with Crippen LogP contribution in [-0.2, 0) is 27.6 Å². The van der Waals surface area contributed by atoms with E-state index in [0.29, 0.717) is 12.1 Å². The van der Waals surface area contributed by atoms with Gasteiger partial charge in [0.25, 0.3) is 5.56 Å². The maximum absolute atomic E-state index is 14.5. The maximum atomic E-state index is 14.5. The lowest BCUT2D eigenvalue weighted by Crippen LogP contribution is -2.41. The molecule has 15 heteroatoms. The summed E-state index contributed by atoms with van der Waals surface area (Å²) < 4.78 is 58.3. The van der Waals surface area contributed by atoms with Gasteiger partial charge in [0.2, 0.25) is 0 Å². The van der Waals surface area contributed by atoms with Crippen LogP contribution in [0.2, 0.25) is 0 Å². The predicted octanol–water partition coefficient (Wildman–Crippen LogP) is 1.18. The second kappa shape index (κ2) is 9.96. The first-order chi connectivity index (χ1) is 15.4. The van der Waals surface area contributed by atoms with Crippen LogP contribution in [0.15, 0.2) is 27.8 Å². The van der Waals surface area contributed by atoms with Crippen molar-refractivity contribution in [3.63, 3.8) is 0 Å². The molecule has 0 saturated carbocycles. The number of nitriles is 1. The number of urea groups is 1. The molecular weight excluding hydrogens is 458 g/mol. The Morgan fingerprint density at radius 2 is 1.88 bits per heavy atom. The number of benzene rings is 1. The van der Waals surface area contributed by atoms with Crippen molar-refractivity contribution < 1.29 is 36.7 Å². The number of halogens is 4. The number of hydrogen-bond donors (Lipinski definition) is 2. The molecule has 33 heavy (non-hydrogen) atoms. The molecule has 0 bridgehead atoms. The largest absolute Gasteiger partial charge is 0.464 e. The standard InChI is InChI=1S/C18H15F4N5O6/c1-3-32-15(29)8-33-25-16(30)24-11-5-12(10(19)4-9(11)7-23)27-14(28)6-13(18(20,21)22)26(2)17(27)31/h4-6H,3,8H2,1-2H3,(H2,24,25,30). The van der Waals surface area contributed by atoms with Gasteiger partial charge in [0.1, 0.15) is 17.6 Å². The van der Waals surface area contributed by atoms with E-state index in [0.717, 1.165) is 7.05 Å². The molecule has 0 aliphatic heterocycles. The highest BCUT2D eigenvalue weighted by Gasteiger charge is 2.35. The number of amides is 2. The summed E-state index contributed by atoms with van der Waals surface area (Å²) in [7, 11) is 0.732. The van der Waals surface area contributed by atoms with E-state index in [4.69, 9.17) is 5.26 Å². The van der Waals surface area contributed by atoms with Gasteiger partial charge in [-0.2, -0.15) is 18.4 Å². The molecule has 1 heterocycles. The maximum Gasteiger partial charge on any atom is 0.431 e. The van der Waals surface area contributed by atoms with Crippen LogP contribution in [0.5, 0.6) is 0 Å². The minimum absolute atomic E-state index is 0.0705. The van der Waals surface area contributed by atoms with Crippen molar-refractivity contribution in [1.82, 2.24) is 14.6 Å². The number of nitrogens with one attached hydrogen (secondary N) is 2. The zero-order valence-electron chi connectivity index (χ0n) is 16.9. The minimum atomic E-state index is -5.02. The van der Waals surface area contributed by atoms with Gasteiger partial charge in [-0.05, 0) is 19.1 Å². The first-order valence-electron chi connectivity index (χ1n) is 8.89. The van der Waals surface area contributed by atoms with Gasteiger partial charge < -0.3 is 10.1 Å². The highest BCUT2D eigenvalue weighted by atomic mass is 19.4. The van der Waals surface area contributed by atoms with Crippen molar-refractivity contribution in [2.24, 2.45) is 7.05 Å². The first-order valence-corrected chi connectivity index (χ1v) is 8.89. The number of aromatic nitrogens is 2. The van der Waals surface area contributed by atoms with E-state index in [1.807, 2.05) is 0 Å². The van der Waals surface area contributed by atoms with Gasteiger partial charge in [0, 0.05) is 13.1 Å². The molecule has 2 aromatic rings. The summed E-state index contributed by atoms with van der Waals surface area (Å²) in [6.45, 7) is 0.960. The molecule has 0 saturated heterocycles. The zero-order valence-corrected chi connectivity index (χ0v) is 16.9. The third-order valence-corrected chi connectivity index (χ3v) is 3.97. The van der Waals surface area contributed by atoms with Crippen molar-refractivity contribution in [3.05, 3.63) is 56.1 Å². The highest BCUT2D eigenvalue weighted by Crippen LogP contribution is 2.27. The predicted molar refractivity (Wildman–Crippen MR) is 102 cm³/mol. The second-order valence-corrected chi connectivity index (χ2v) is 6.15. The highest BCUT2D eigenvalue weighted by molar-refractivity contribution is 5.90. The Morgan fingerprint density at radius 3 is 2.45 bits per heavy atom. The average molecular weight is 473 g/mol. The second-order valence-electron chi connectivity index (χ2n) is 6.15. The van der Waals surface area contributed by atoms with Gasteiger partial charge in [-0.3, -0.25) is 14.2 Å². The number of hydrogen-bond acceptors (Lipinski definition) is 7. The number of anilines is 1. The summed E-state index contributed by atoms with van der Waals surface area (Å²) in [6, 6.07) is 1.79. The number of esters is 1. The summed E-state index contributed by atoms with van der Waals surface area (Å²) in [4.78, 5) is 52.3. The third kappa shape index (κ3) is 5.74. The monoisotopic (exact) mass is 473 g/mol. The third-order valence-electron chi connectivity index (χ3n) is 3.97. The number of ether oxygens (including phenoxy) is 1. The molecule has 11 nitrogen and oxygen atoms in total. The fraction of sp³-hybridized carbons (Fsp3) is 0.278. The van der Waals surface area contributed by atoms with E-state index < -0.39 is 64.5 Å². The van der Waals surface area contributed by atoms with Crippen molar-refractivity contribution in [3.8, 4) is 11.8 Å². The number of carbonyl (C=O) groups is 2. The Balaban J connectivity index is 2.44. The summed E-state index contributed by atoms with van der Waals surface area (Å²) in [5.74, 6) is -2.09. The molecule has 2 amide bonds. The van der Waals surface area contributed by atoms with E-state index in [2.05, 4.69) is 14.9 Å². The van der Waals surface area contributed by atoms with E-state index >= 15 is 0 Å². The van der Waals surface area contributed by atoms with E-state index in [1.54, 1.807) is 18.5 Å². The minimum Gasteiger partial charge on any atom is -0.464 e. The summed E-state index contributed by atoms with van der Waals surface area (Å²) >= 11 is 0. The van der Waals surface area contributed by atoms with Gasteiger partial charge in [-0.25, -0.2) is 28.8 Å². The Labute approximate surface area is 181 Å². The molecule has 1 aromatic heterocycles. The first kappa shape index (κ1) is 25.1. The van der Waals surface area contributed by atoms with Crippen LogP contribution in [0.4, 0.5) is 28.0 Å². The van der Waals surface area contributed by atoms with Crippen LogP contribution in [-0.4, -0.2) is 34.3 Å². The van der Waals surface area contributed by atoms with Crippen molar-refractivity contribution in [2.75, 3.05) is 18.5 Å². The molecule has 0 radical (unpaired) electrons. The molecule has 0 atom stereocenters. The molecule has 0 fully saturated rings. The lowest BCUT2D eigenvalue weighted by atomic mass is 10.1. The zero-order chi connectivity index (χ0) is 24.9. The Hall–Kier alpha value is -4.19. The summed E-state index contributed by atoms with van der Waals surface area (Å²) in [5, 5.41) is 11.2. The molecular formula is C18H15F4N5O6. The van der Waals surface area contributed by atoms with Crippen molar-refractivity contribution in [2.45, 2.75) is 13.1 Å². The summed E-state index contributed by atoms with van der Waals surface area (Å²) in [5.41, 5.74) is -4.48. The Kier molecular flexibility index (Phi) is 7.56. The number of alkyl halides is 3. The number of rotatable bonds is 6. The lowest BCUT2D eigenvalue weighted by molar-refractivity contribution is -0.150. The van der Waals surface area contributed by atoms with Crippen molar-refractivity contribution in [1.29, 1.82) is 5.26 Å². The molecule has 0 aliphatic carbocycles. The van der Waals surface area contributed by atoms with Gasteiger partial charge in [-0.1, -0.05) is 0 Å². The number of nitrogens with zero attached hydrogens (tertiary/aromatic N) is 3. The van der Waals surface area contributed by atoms with Gasteiger partial charge in [0.15, 0.2) is 6.61 Å². The fourth-order valence-electron chi connectivity index (χ4n) is 2.56. The molecule has 2 N–H and O–H groups in total. The smallest absolute Gasteiger partial charge is 0.431 e. The van der Waals surface area contributed by atoms with E-state index in [-0.39, 0.29) is 21.8 Å². The van der Waals surface area contributed by atoms with Gasteiger partial charge in [-0.15, -0.1) is 0 Å². The van der Waals surface area contributed by atoms with Crippen LogP contribution >= 0.6 is 0 Å². The van der Waals surface area contributed by atoms with Gasteiger partial charge >= 0.3 is 23.9 Å². The van der Waals surface area contributed by atoms with Crippen LogP contribution < -0.4 is 22.0 Å². The topological polar surface area (TPSA) is 144 Å². The van der Waals surface area contributed by atoms with Crippen LogP contribution in [0.1, 0.15) is 18.2 Å². The SMILES string of the molecule is CCOC(=O)CONC(=O)Nc1cc(-n2c(=O)cc(C(F)(F)F)n(C)c2=O)c(F)cc1C#N. The van der Waals surface area contributed by atoms with E-state index in [9.17, 15) is 36.7 Å². The molecule has 0 unspecified atom stereocenters. The lowest BCUT2D eigenvalue weighted by Gasteiger charge is -2.15. The van der Waals surface area contributed by atoms with Gasteiger partial charge in [0.05, 0.1) is 23.5 Å². The number of carbonyl (C=O) groups excluding carboxylic acids is 2. The molecule has 2 rings (SSSR count).